The van der Waals surface area contributed by atoms with Gasteiger partial charge in [-0.1, -0.05) is 0 Å². The quantitative estimate of drug-likeness (QED) is 0.638. The van der Waals surface area contributed by atoms with Crippen LogP contribution in [0.2, 0.25) is 0 Å². The van der Waals surface area contributed by atoms with Crippen LogP contribution < -0.4 is 0 Å². The SMILES string of the molecule is CCn1cnc2c(C)ccnc21. The summed E-state index contributed by atoms with van der Waals surface area (Å²) in [6.45, 7) is 5.06. The standard InChI is InChI=1S/C9H11N3/c1-3-12-6-11-8-7(2)4-5-10-9(8)12/h4-6H,3H2,1-2H3. The molecule has 0 saturated carbocycles. The topological polar surface area (TPSA) is 30.7 Å². The van der Waals surface area contributed by atoms with Gasteiger partial charge in [0.1, 0.15) is 5.52 Å². The minimum atomic E-state index is 0.924. The van der Waals surface area contributed by atoms with Gasteiger partial charge in [-0.15, -0.1) is 0 Å². The molecule has 0 amide bonds. The zero-order valence-corrected chi connectivity index (χ0v) is 7.28. The Bertz CT molecular complexity index is 403. The largest absolute Gasteiger partial charge is 0.316 e. The number of hydrogen-bond donors (Lipinski definition) is 0. The third-order valence-corrected chi connectivity index (χ3v) is 2.05. The molecule has 0 aliphatic heterocycles. The van der Waals surface area contributed by atoms with Crippen LogP contribution in [-0.4, -0.2) is 14.5 Å². The Balaban J connectivity index is 2.80. The normalized spacial score (nSPS) is 10.8. The van der Waals surface area contributed by atoms with Crippen molar-refractivity contribution in [3.05, 3.63) is 24.2 Å². The Hall–Kier alpha value is -1.38. The third-order valence-electron chi connectivity index (χ3n) is 2.05. The molecule has 2 aromatic heterocycles. The summed E-state index contributed by atoms with van der Waals surface area (Å²) in [5.41, 5.74) is 3.18. The first-order chi connectivity index (χ1) is 5.83. The van der Waals surface area contributed by atoms with E-state index < -0.39 is 0 Å². The maximum atomic E-state index is 4.29. The van der Waals surface area contributed by atoms with Crippen molar-refractivity contribution in [2.24, 2.45) is 0 Å². The molecule has 3 heteroatoms. The van der Waals surface area contributed by atoms with Gasteiger partial charge in [0.25, 0.3) is 0 Å². The zero-order valence-electron chi connectivity index (χ0n) is 7.28. The Morgan fingerprint density at radius 1 is 1.42 bits per heavy atom. The molecular weight excluding hydrogens is 150 g/mol. The second-order valence-electron chi connectivity index (χ2n) is 2.83. The van der Waals surface area contributed by atoms with Crippen molar-refractivity contribution in [1.29, 1.82) is 0 Å². The molecule has 0 spiro atoms. The van der Waals surface area contributed by atoms with Crippen molar-refractivity contribution in [3.8, 4) is 0 Å². The van der Waals surface area contributed by atoms with E-state index in [0.29, 0.717) is 0 Å². The molecule has 0 fully saturated rings. The Labute approximate surface area is 71.1 Å². The summed E-state index contributed by atoms with van der Waals surface area (Å²) >= 11 is 0. The van der Waals surface area contributed by atoms with Gasteiger partial charge in [0, 0.05) is 12.7 Å². The van der Waals surface area contributed by atoms with Crippen LogP contribution in [0.1, 0.15) is 12.5 Å². The summed E-state index contributed by atoms with van der Waals surface area (Å²) in [4.78, 5) is 8.56. The maximum Gasteiger partial charge on any atom is 0.160 e. The van der Waals surface area contributed by atoms with Crippen molar-refractivity contribution in [2.75, 3.05) is 0 Å². The van der Waals surface area contributed by atoms with Crippen molar-refractivity contribution in [1.82, 2.24) is 14.5 Å². The lowest BCUT2D eigenvalue weighted by molar-refractivity contribution is 0.778. The molecule has 0 N–H and O–H groups in total. The lowest BCUT2D eigenvalue weighted by atomic mass is 10.3. The summed E-state index contributed by atoms with van der Waals surface area (Å²) in [5.74, 6) is 0. The number of rotatable bonds is 1. The highest BCUT2D eigenvalue weighted by Crippen LogP contribution is 2.12. The molecule has 0 aliphatic rings. The molecule has 0 radical (unpaired) electrons. The van der Waals surface area contributed by atoms with Gasteiger partial charge in [-0.3, -0.25) is 0 Å². The summed E-state index contributed by atoms with van der Waals surface area (Å²) in [5, 5.41) is 0. The average molecular weight is 161 g/mol. The first kappa shape index (κ1) is 7.28. The van der Waals surface area contributed by atoms with Crippen LogP contribution in [0, 0.1) is 6.92 Å². The van der Waals surface area contributed by atoms with Gasteiger partial charge < -0.3 is 4.57 Å². The number of aryl methyl sites for hydroxylation is 2. The summed E-state index contributed by atoms with van der Waals surface area (Å²) < 4.78 is 2.04. The lowest BCUT2D eigenvalue weighted by Crippen LogP contribution is -1.92. The Kier molecular flexibility index (Phi) is 1.57. The molecule has 3 nitrogen and oxygen atoms in total. The van der Waals surface area contributed by atoms with Gasteiger partial charge >= 0.3 is 0 Å². The second-order valence-corrected chi connectivity index (χ2v) is 2.83. The van der Waals surface area contributed by atoms with Crippen LogP contribution in [0.4, 0.5) is 0 Å². The molecule has 0 unspecified atom stereocenters. The lowest BCUT2D eigenvalue weighted by Gasteiger charge is -1.97. The molecule has 12 heavy (non-hydrogen) atoms. The van der Waals surface area contributed by atoms with Crippen LogP contribution in [0.5, 0.6) is 0 Å². The molecule has 2 rings (SSSR count). The number of hydrogen-bond acceptors (Lipinski definition) is 2. The fourth-order valence-corrected chi connectivity index (χ4v) is 1.32. The highest BCUT2D eigenvalue weighted by atomic mass is 15.1. The second kappa shape index (κ2) is 2.59. The number of pyridine rings is 1. The fourth-order valence-electron chi connectivity index (χ4n) is 1.32. The van der Waals surface area contributed by atoms with E-state index in [1.807, 2.05) is 23.2 Å². The predicted octanol–water partition coefficient (Wildman–Crippen LogP) is 1.76. The zero-order chi connectivity index (χ0) is 8.55. The smallest absolute Gasteiger partial charge is 0.160 e. The minimum Gasteiger partial charge on any atom is -0.316 e. The van der Waals surface area contributed by atoms with Crippen molar-refractivity contribution < 1.29 is 0 Å². The molecule has 2 heterocycles. The molecule has 0 aromatic carbocycles. The molecule has 0 bridgehead atoms. The van der Waals surface area contributed by atoms with Crippen LogP contribution in [0.3, 0.4) is 0 Å². The van der Waals surface area contributed by atoms with E-state index >= 15 is 0 Å². The predicted molar refractivity (Wildman–Crippen MR) is 47.9 cm³/mol. The monoisotopic (exact) mass is 161 g/mol. The van der Waals surface area contributed by atoms with E-state index in [4.69, 9.17) is 0 Å². The Morgan fingerprint density at radius 2 is 2.25 bits per heavy atom. The van der Waals surface area contributed by atoms with Crippen LogP contribution >= 0.6 is 0 Å². The van der Waals surface area contributed by atoms with Crippen molar-refractivity contribution >= 4 is 11.2 Å². The van der Waals surface area contributed by atoms with Crippen molar-refractivity contribution in [3.63, 3.8) is 0 Å². The number of imidazole rings is 1. The summed E-state index contributed by atoms with van der Waals surface area (Å²) in [7, 11) is 0. The highest BCUT2D eigenvalue weighted by Gasteiger charge is 2.02. The van der Waals surface area contributed by atoms with E-state index in [2.05, 4.69) is 23.8 Å². The van der Waals surface area contributed by atoms with Crippen LogP contribution in [0.15, 0.2) is 18.6 Å². The Morgan fingerprint density at radius 3 is 3.00 bits per heavy atom. The fraction of sp³-hybridized carbons (Fsp3) is 0.333. The number of aromatic nitrogens is 3. The van der Waals surface area contributed by atoms with E-state index in [9.17, 15) is 0 Å². The first-order valence-electron chi connectivity index (χ1n) is 4.09. The minimum absolute atomic E-state index is 0.924. The number of fused-ring (bicyclic) bond motifs is 1. The molecule has 0 aliphatic carbocycles. The average Bonchev–Trinajstić information content (AvgIpc) is 2.49. The highest BCUT2D eigenvalue weighted by molar-refractivity contribution is 5.74. The van der Waals surface area contributed by atoms with E-state index in [1.54, 1.807) is 0 Å². The first-order valence-corrected chi connectivity index (χ1v) is 4.09. The van der Waals surface area contributed by atoms with Gasteiger partial charge in [0.05, 0.1) is 6.33 Å². The van der Waals surface area contributed by atoms with Gasteiger partial charge in [-0.25, -0.2) is 9.97 Å². The summed E-state index contributed by atoms with van der Waals surface area (Å²) in [6.07, 6.45) is 3.66. The molecule has 62 valence electrons. The van der Waals surface area contributed by atoms with E-state index in [0.717, 1.165) is 17.7 Å². The van der Waals surface area contributed by atoms with Gasteiger partial charge in [-0.05, 0) is 25.5 Å². The summed E-state index contributed by atoms with van der Waals surface area (Å²) in [6, 6.07) is 1.98. The van der Waals surface area contributed by atoms with Gasteiger partial charge in [0.2, 0.25) is 0 Å². The molecule has 2 aromatic rings. The van der Waals surface area contributed by atoms with Gasteiger partial charge in [0.15, 0.2) is 5.65 Å². The van der Waals surface area contributed by atoms with E-state index in [-0.39, 0.29) is 0 Å². The third kappa shape index (κ3) is 0.897. The molecular formula is C9H11N3. The maximum absolute atomic E-state index is 4.29. The van der Waals surface area contributed by atoms with Gasteiger partial charge in [-0.2, -0.15) is 0 Å². The van der Waals surface area contributed by atoms with E-state index in [1.165, 1.54) is 5.56 Å². The number of nitrogens with zero attached hydrogens (tertiary/aromatic N) is 3. The molecule has 0 atom stereocenters. The van der Waals surface area contributed by atoms with Crippen molar-refractivity contribution in [2.45, 2.75) is 20.4 Å². The van der Waals surface area contributed by atoms with Crippen LogP contribution in [0.25, 0.3) is 11.2 Å². The molecule has 0 saturated heterocycles. The van der Waals surface area contributed by atoms with Crippen LogP contribution in [-0.2, 0) is 6.54 Å².